The third-order valence-electron chi connectivity index (χ3n) is 3.88. The van der Waals surface area contributed by atoms with Gasteiger partial charge in [0, 0.05) is 18.0 Å². The number of ether oxygens (including phenoxy) is 1. The summed E-state index contributed by atoms with van der Waals surface area (Å²) >= 11 is 0. The number of hydrogen-bond donors (Lipinski definition) is 5. The van der Waals surface area contributed by atoms with Crippen LogP contribution in [0.4, 0.5) is 5.82 Å². The predicted octanol–water partition coefficient (Wildman–Crippen LogP) is -0.746. The van der Waals surface area contributed by atoms with Crippen LogP contribution >= 0.6 is 0 Å². The van der Waals surface area contributed by atoms with Gasteiger partial charge in [0.2, 0.25) is 5.49 Å². The number of anilines is 1. The van der Waals surface area contributed by atoms with E-state index in [0.717, 1.165) is 0 Å². The van der Waals surface area contributed by atoms with Gasteiger partial charge in [-0.3, -0.25) is 5.41 Å². The molecule has 6 N–H and O–H groups in total. The highest BCUT2D eigenvalue weighted by Gasteiger charge is 2.37. The number of hydrogen-bond acceptors (Lipinski definition) is 7. The first-order valence-electron chi connectivity index (χ1n) is 6.60. The molecule has 2 aromatic rings. The fourth-order valence-electron chi connectivity index (χ4n) is 2.83. The van der Waals surface area contributed by atoms with E-state index in [1.54, 1.807) is 12.3 Å². The Hall–Kier alpha value is -2.43. The number of fused-ring (bicyclic) bond motifs is 1. The van der Waals surface area contributed by atoms with Crippen LogP contribution in [0.1, 0.15) is 18.1 Å². The molecule has 0 unspecified atom stereocenters. The highest BCUT2D eigenvalue weighted by molar-refractivity contribution is 5.91. The molecule has 3 rings (SSSR count). The predicted molar refractivity (Wildman–Crippen MR) is 74.3 cm³/mol. The molecular formula is C12H15N5O5. The first kappa shape index (κ1) is 14.5. The molecule has 0 spiro atoms. The van der Waals surface area contributed by atoms with Crippen molar-refractivity contribution in [3.05, 3.63) is 33.4 Å². The molecule has 1 aliphatic rings. The van der Waals surface area contributed by atoms with Gasteiger partial charge in [-0.05, 0) is 10.7 Å². The smallest absolute Gasteiger partial charge is 0.202 e. The van der Waals surface area contributed by atoms with Crippen LogP contribution in [0.15, 0.2) is 12.3 Å². The number of aromatic amines is 1. The average molecular weight is 309 g/mol. The Morgan fingerprint density at radius 3 is 2.95 bits per heavy atom. The minimum absolute atomic E-state index is 0.132. The van der Waals surface area contributed by atoms with Crippen LogP contribution in [0, 0.1) is 15.5 Å². The molecule has 3 heterocycles. The molecule has 10 heteroatoms. The fourth-order valence-corrected chi connectivity index (χ4v) is 2.83. The van der Waals surface area contributed by atoms with Gasteiger partial charge >= 0.3 is 0 Å². The number of aromatic nitrogens is 2. The van der Waals surface area contributed by atoms with E-state index in [2.05, 4.69) is 4.98 Å². The fraction of sp³-hybridized carbons (Fsp3) is 0.417. The zero-order valence-electron chi connectivity index (χ0n) is 11.4. The number of pyridine rings is 1. The van der Waals surface area contributed by atoms with Gasteiger partial charge in [-0.2, -0.15) is 0 Å². The molecule has 2 aromatic heterocycles. The van der Waals surface area contributed by atoms with Gasteiger partial charge in [0.05, 0.1) is 29.9 Å². The maximum atomic E-state index is 11.2. The second-order valence-electron chi connectivity index (χ2n) is 5.11. The second kappa shape index (κ2) is 5.09. The van der Waals surface area contributed by atoms with Crippen molar-refractivity contribution in [1.82, 2.24) is 9.66 Å². The first-order chi connectivity index (χ1) is 10.5. The van der Waals surface area contributed by atoms with Crippen molar-refractivity contribution >= 4 is 16.7 Å². The SMILES string of the molecule is N=c1c([C@@H]2C[C@H](O)[C@@H](CO)O2)c2[nH]ccc2c(N)n1[N+](=O)[O-]. The van der Waals surface area contributed by atoms with Gasteiger partial charge in [-0.25, -0.2) is 10.1 Å². The summed E-state index contributed by atoms with van der Waals surface area (Å²) in [7, 11) is 0. The van der Waals surface area contributed by atoms with E-state index in [1.165, 1.54) is 0 Å². The van der Waals surface area contributed by atoms with E-state index in [4.69, 9.17) is 21.0 Å². The van der Waals surface area contributed by atoms with E-state index < -0.39 is 28.8 Å². The molecule has 118 valence electrons. The molecule has 0 aliphatic carbocycles. The van der Waals surface area contributed by atoms with Crippen molar-refractivity contribution < 1.29 is 20.0 Å². The normalized spacial score (nSPS) is 24.9. The molecule has 1 saturated heterocycles. The average Bonchev–Trinajstić information content (AvgIpc) is 3.05. The van der Waals surface area contributed by atoms with Crippen molar-refractivity contribution in [2.24, 2.45) is 0 Å². The molecule has 0 aromatic carbocycles. The van der Waals surface area contributed by atoms with Crippen molar-refractivity contribution in [2.75, 3.05) is 12.3 Å². The van der Waals surface area contributed by atoms with Crippen molar-refractivity contribution in [1.29, 1.82) is 5.41 Å². The number of nitrogen functional groups attached to an aromatic ring is 1. The molecule has 0 radical (unpaired) electrons. The van der Waals surface area contributed by atoms with Crippen molar-refractivity contribution in [3.8, 4) is 0 Å². The summed E-state index contributed by atoms with van der Waals surface area (Å²) in [5.41, 5.74) is 6.03. The van der Waals surface area contributed by atoms with E-state index in [9.17, 15) is 15.2 Å². The largest absolute Gasteiger partial charge is 0.394 e. The first-order valence-corrected chi connectivity index (χ1v) is 6.60. The Bertz CT molecular complexity index is 797. The Morgan fingerprint density at radius 1 is 1.64 bits per heavy atom. The van der Waals surface area contributed by atoms with Gasteiger partial charge in [-0.1, -0.05) is 0 Å². The Balaban J connectivity index is 2.24. The topological polar surface area (TPSA) is 163 Å². The molecule has 22 heavy (non-hydrogen) atoms. The summed E-state index contributed by atoms with van der Waals surface area (Å²) in [6, 6.07) is 1.57. The number of nitrogens with two attached hydrogens (primary N) is 1. The monoisotopic (exact) mass is 309 g/mol. The maximum absolute atomic E-state index is 11.2. The zero-order chi connectivity index (χ0) is 16.0. The number of nitro groups is 1. The molecule has 0 bridgehead atoms. The minimum Gasteiger partial charge on any atom is -0.394 e. The lowest BCUT2D eigenvalue weighted by Gasteiger charge is -2.15. The molecule has 1 aliphatic heterocycles. The van der Waals surface area contributed by atoms with E-state index in [-0.39, 0.29) is 24.4 Å². The van der Waals surface area contributed by atoms with Crippen LogP contribution in [0.2, 0.25) is 0 Å². The summed E-state index contributed by atoms with van der Waals surface area (Å²) < 4.78 is 6.00. The van der Waals surface area contributed by atoms with E-state index in [0.29, 0.717) is 15.6 Å². The number of nitrogens with one attached hydrogen (secondary N) is 2. The lowest BCUT2D eigenvalue weighted by atomic mass is 10.0. The van der Waals surface area contributed by atoms with E-state index >= 15 is 0 Å². The number of nitrogens with zero attached hydrogens (tertiary/aromatic N) is 2. The third kappa shape index (κ3) is 1.96. The molecular weight excluding hydrogens is 294 g/mol. The molecule has 0 amide bonds. The Labute approximate surface area is 123 Å². The van der Waals surface area contributed by atoms with Crippen LogP contribution in [-0.4, -0.2) is 43.7 Å². The van der Waals surface area contributed by atoms with Crippen molar-refractivity contribution in [2.45, 2.75) is 24.7 Å². The van der Waals surface area contributed by atoms with Gasteiger partial charge in [0.1, 0.15) is 6.10 Å². The summed E-state index contributed by atoms with van der Waals surface area (Å²) in [4.78, 5) is 14.1. The van der Waals surface area contributed by atoms with Crippen LogP contribution < -0.4 is 11.2 Å². The number of rotatable bonds is 3. The third-order valence-corrected chi connectivity index (χ3v) is 3.88. The highest BCUT2D eigenvalue weighted by atomic mass is 16.7. The maximum Gasteiger partial charge on any atom is 0.202 e. The molecule has 3 atom stereocenters. The molecule has 1 fully saturated rings. The Morgan fingerprint density at radius 2 is 2.36 bits per heavy atom. The van der Waals surface area contributed by atoms with Crippen LogP contribution in [0.25, 0.3) is 10.9 Å². The van der Waals surface area contributed by atoms with E-state index in [1.807, 2.05) is 0 Å². The van der Waals surface area contributed by atoms with Gasteiger partial charge in [-0.15, -0.1) is 0 Å². The molecule has 0 saturated carbocycles. The lowest BCUT2D eigenvalue weighted by molar-refractivity contribution is -0.543. The minimum atomic E-state index is -0.902. The summed E-state index contributed by atoms with van der Waals surface area (Å²) in [6.07, 6.45) is -0.736. The van der Waals surface area contributed by atoms with Crippen LogP contribution in [0.3, 0.4) is 0 Å². The van der Waals surface area contributed by atoms with Gasteiger partial charge in [0.25, 0.3) is 0 Å². The number of H-pyrrole nitrogens is 1. The summed E-state index contributed by atoms with van der Waals surface area (Å²) in [6.45, 7) is -0.372. The summed E-state index contributed by atoms with van der Waals surface area (Å²) in [5, 5.41) is 37.9. The number of aliphatic hydroxyl groups is 2. The lowest BCUT2D eigenvalue weighted by Crippen LogP contribution is -2.33. The van der Waals surface area contributed by atoms with Gasteiger partial charge < -0.3 is 25.7 Å². The Kier molecular flexibility index (Phi) is 3.35. The molecule has 10 nitrogen and oxygen atoms in total. The van der Waals surface area contributed by atoms with Crippen LogP contribution in [0.5, 0.6) is 0 Å². The van der Waals surface area contributed by atoms with Gasteiger partial charge in [0.15, 0.2) is 10.9 Å². The second-order valence-corrected chi connectivity index (χ2v) is 5.11. The quantitative estimate of drug-likeness (QED) is 0.370. The summed E-state index contributed by atoms with van der Waals surface area (Å²) in [5.74, 6) is -0.160. The van der Waals surface area contributed by atoms with Crippen molar-refractivity contribution in [3.63, 3.8) is 0 Å². The standard InChI is InChI=1S/C12H15N5O5/c13-11-5-1-2-15-10(5)9(12(14)16(11)17(20)21)7-3-6(19)8(4-18)22-7/h1-2,6-8,14-15,18-19H,3-4,13H2/t6-,7-,8+/m0/s1. The number of aliphatic hydroxyl groups excluding tert-OH is 2. The zero-order valence-corrected chi connectivity index (χ0v) is 11.4. The highest BCUT2D eigenvalue weighted by Crippen LogP contribution is 2.35. The van der Waals surface area contributed by atoms with Crippen LogP contribution in [-0.2, 0) is 4.74 Å².